The molecule has 0 aliphatic rings. The quantitative estimate of drug-likeness (QED) is 0.0568. The highest BCUT2D eigenvalue weighted by atomic mass is 32.2. The molecule has 0 unspecified atom stereocenters. The van der Waals surface area contributed by atoms with Gasteiger partial charge in [-0.05, 0) is 48.5 Å². The van der Waals surface area contributed by atoms with Crippen molar-refractivity contribution in [3.8, 4) is 0 Å². The van der Waals surface area contributed by atoms with E-state index < -0.39 is 0 Å². The van der Waals surface area contributed by atoms with Crippen molar-refractivity contribution in [3.05, 3.63) is 177 Å². The maximum absolute atomic E-state index is 13.4. The van der Waals surface area contributed by atoms with Crippen LogP contribution >= 0.6 is 46.2 Å². The number of nitrogens with one attached hydrogen (secondary N) is 4. The van der Waals surface area contributed by atoms with Gasteiger partial charge in [0.25, 0.3) is 23.6 Å². The lowest BCUT2D eigenvalue weighted by atomic mass is 10.2. The third-order valence-corrected chi connectivity index (χ3v) is 12.2. The largest absolute Gasteiger partial charge is 0.298 e. The van der Waals surface area contributed by atoms with Crippen molar-refractivity contribution in [2.24, 2.45) is 0 Å². The molecular weight excluding hydrogens is 853 g/mol. The van der Waals surface area contributed by atoms with Crippen molar-refractivity contribution in [3.63, 3.8) is 0 Å². The van der Waals surface area contributed by atoms with E-state index in [0.717, 1.165) is 0 Å². The van der Waals surface area contributed by atoms with Crippen LogP contribution in [0.5, 0.6) is 0 Å². The molecule has 0 radical (unpaired) electrons. The Bertz CT molecular complexity index is 2590. The Hall–Kier alpha value is -7.00. The van der Waals surface area contributed by atoms with E-state index in [9.17, 15) is 19.2 Å². The van der Waals surface area contributed by atoms with E-state index in [2.05, 4.69) is 51.8 Å². The van der Waals surface area contributed by atoms with Gasteiger partial charge in [-0.25, -0.2) is 19.3 Å². The maximum atomic E-state index is 13.4. The van der Waals surface area contributed by atoms with Crippen LogP contribution in [-0.2, 0) is 12.8 Å². The number of rotatable bonds is 16. The summed E-state index contributed by atoms with van der Waals surface area (Å²) in [5.41, 5.74) is 8.96. The third-order valence-electron chi connectivity index (χ3n) is 8.57. The van der Waals surface area contributed by atoms with E-state index in [1.54, 1.807) is 97.1 Å². The first-order valence-electron chi connectivity index (χ1n) is 18.3. The molecule has 4 heterocycles. The number of carbonyl (C=O) groups excluding carboxylic acids is 4. The van der Waals surface area contributed by atoms with Crippen LogP contribution in [0.15, 0.2) is 142 Å². The molecule has 304 valence electrons. The van der Waals surface area contributed by atoms with Crippen LogP contribution in [0.3, 0.4) is 0 Å². The van der Waals surface area contributed by atoms with Crippen LogP contribution in [0.1, 0.15) is 64.5 Å². The topological polar surface area (TPSA) is 204 Å². The van der Waals surface area contributed by atoms with Gasteiger partial charge in [-0.3, -0.25) is 40.7 Å². The summed E-state index contributed by atoms with van der Waals surface area (Å²) >= 11 is 5.12. The number of thiazole rings is 2. The zero-order valence-electron chi connectivity index (χ0n) is 31.7. The van der Waals surface area contributed by atoms with Gasteiger partial charge in [-0.2, -0.15) is 0 Å². The fourth-order valence-electron chi connectivity index (χ4n) is 5.62. The molecule has 4 aromatic heterocycles. The SMILES string of the molecule is O=C(Nc1nc(Cc2nnc(SCSc3nnc(Cc4csc(NC(=O)c5ccccc5)n4)n3NC(=O)c3ccccc3)n2NC(=O)c2ccccc2)cs1)c1ccccc1. The van der Waals surface area contributed by atoms with E-state index in [-0.39, 0.29) is 36.5 Å². The number of aromatic nitrogens is 8. The number of anilines is 2. The molecule has 8 rings (SSSR count). The predicted molar refractivity (Wildman–Crippen MR) is 236 cm³/mol. The molecule has 0 atom stereocenters. The summed E-state index contributed by atoms with van der Waals surface area (Å²) in [6, 6.07) is 35.2. The van der Waals surface area contributed by atoms with E-state index in [1.807, 2.05) is 35.0 Å². The van der Waals surface area contributed by atoms with Gasteiger partial charge in [0.1, 0.15) is 0 Å². The second-order valence-electron chi connectivity index (χ2n) is 12.8. The van der Waals surface area contributed by atoms with Gasteiger partial charge in [0.15, 0.2) is 21.9 Å². The number of benzene rings is 4. The Balaban J connectivity index is 0.991. The number of carbonyl (C=O) groups is 4. The molecular formula is C41H32N12O4S4. The highest BCUT2D eigenvalue weighted by molar-refractivity contribution is 8.15. The minimum Gasteiger partial charge on any atom is -0.298 e. The van der Waals surface area contributed by atoms with Crippen LogP contribution in [0.25, 0.3) is 0 Å². The Kier molecular flexibility index (Phi) is 12.9. The molecule has 0 bridgehead atoms. The molecule has 0 spiro atoms. The summed E-state index contributed by atoms with van der Waals surface area (Å²) in [5.74, 6) is -0.482. The maximum Gasteiger partial charge on any atom is 0.270 e. The summed E-state index contributed by atoms with van der Waals surface area (Å²) in [7, 11) is 0. The molecule has 0 fully saturated rings. The molecule has 16 nitrogen and oxygen atoms in total. The Labute approximate surface area is 364 Å². The molecule has 0 saturated carbocycles. The van der Waals surface area contributed by atoms with Gasteiger partial charge in [-0.15, -0.1) is 43.1 Å². The van der Waals surface area contributed by atoms with Crippen LogP contribution in [-0.4, -0.2) is 68.4 Å². The lowest BCUT2D eigenvalue weighted by Crippen LogP contribution is -2.26. The smallest absolute Gasteiger partial charge is 0.270 e. The molecule has 8 aromatic rings. The fourth-order valence-corrected chi connectivity index (χ4v) is 8.87. The molecule has 0 aliphatic carbocycles. The normalized spacial score (nSPS) is 10.9. The summed E-state index contributed by atoms with van der Waals surface area (Å²) in [5, 5.41) is 28.8. The molecule has 20 heteroatoms. The van der Waals surface area contributed by atoms with Crippen molar-refractivity contribution in [2.45, 2.75) is 23.2 Å². The zero-order valence-corrected chi connectivity index (χ0v) is 34.9. The summed E-state index contributed by atoms with van der Waals surface area (Å²) < 4.78 is 3.04. The van der Waals surface area contributed by atoms with Crippen LogP contribution in [0.4, 0.5) is 10.3 Å². The number of nitrogens with zero attached hydrogens (tertiary/aromatic N) is 8. The predicted octanol–water partition coefficient (Wildman–Crippen LogP) is 7.08. The zero-order chi connectivity index (χ0) is 42.0. The molecule has 4 amide bonds. The first-order chi connectivity index (χ1) is 29.9. The number of amides is 4. The van der Waals surface area contributed by atoms with Gasteiger partial charge in [0, 0.05) is 33.0 Å². The molecule has 61 heavy (non-hydrogen) atoms. The minimum atomic E-state index is -0.372. The number of hydrogen-bond acceptors (Lipinski definition) is 14. The second kappa shape index (κ2) is 19.4. The van der Waals surface area contributed by atoms with Crippen molar-refractivity contribution in [1.29, 1.82) is 0 Å². The summed E-state index contributed by atoms with van der Waals surface area (Å²) in [6.45, 7) is 0. The lowest BCUT2D eigenvalue weighted by molar-refractivity contribution is 0.0997. The standard InChI is InChI=1S/C41H32N12O4S4/c54-34(26-13-5-1-6-14-26)44-38-42-30(23-58-38)21-32-46-48-40(52(32)50-36(56)28-17-9-3-10-18-28)60-25-61-41-49-47-33(53(41)51-37(57)29-19-11-4-12-20-29)22-31-24-59-39(43-31)45-35(55)27-15-7-2-8-16-27/h1-20,23-24H,21-22,25H2,(H,50,56)(H,51,57)(H,42,44,54)(H,43,45,55). The van der Waals surface area contributed by atoms with E-state index in [4.69, 9.17) is 0 Å². The van der Waals surface area contributed by atoms with E-state index in [0.29, 0.717) is 71.0 Å². The molecule has 4 N–H and O–H groups in total. The molecule has 0 aliphatic heterocycles. The van der Waals surface area contributed by atoms with Gasteiger partial charge >= 0.3 is 0 Å². The second-order valence-corrected chi connectivity index (χ2v) is 16.7. The summed E-state index contributed by atoms with van der Waals surface area (Å²) in [6.07, 6.45) is 0.399. The lowest BCUT2D eigenvalue weighted by Gasteiger charge is -2.12. The van der Waals surface area contributed by atoms with Gasteiger partial charge in [0.2, 0.25) is 10.3 Å². The Morgan fingerprint density at radius 2 is 0.820 bits per heavy atom. The Morgan fingerprint density at radius 1 is 0.475 bits per heavy atom. The number of thioether (sulfide) groups is 2. The van der Waals surface area contributed by atoms with Crippen molar-refractivity contribution in [1.82, 2.24) is 39.7 Å². The van der Waals surface area contributed by atoms with Crippen molar-refractivity contribution in [2.75, 3.05) is 26.6 Å². The van der Waals surface area contributed by atoms with Crippen LogP contribution in [0, 0.1) is 0 Å². The highest BCUT2D eigenvalue weighted by Gasteiger charge is 2.22. The summed E-state index contributed by atoms with van der Waals surface area (Å²) in [4.78, 5) is 61.4. The van der Waals surface area contributed by atoms with Gasteiger partial charge < -0.3 is 0 Å². The monoisotopic (exact) mass is 884 g/mol. The first-order valence-corrected chi connectivity index (χ1v) is 22.1. The average molecular weight is 885 g/mol. The first kappa shape index (κ1) is 40.8. The van der Waals surface area contributed by atoms with E-state index in [1.165, 1.54) is 55.5 Å². The Morgan fingerprint density at radius 3 is 1.18 bits per heavy atom. The third kappa shape index (κ3) is 10.4. The van der Waals surface area contributed by atoms with Crippen LogP contribution < -0.4 is 21.5 Å². The molecule has 0 saturated heterocycles. The van der Waals surface area contributed by atoms with Gasteiger partial charge in [-0.1, -0.05) is 96.3 Å². The van der Waals surface area contributed by atoms with Gasteiger partial charge in [0.05, 0.1) is 29.3 Å². The highest BCUT2D eigenvalue weighted by Crippen LogP contribution is 2.28. The molecule has 4 aromatic carbocycles. The van der Waals surface area contributed by atoms with Crippen LogP contribution in [0.2, 0.25) is 0 Å². The van der Waals surface area contributed by atoms with Crippen molar-refractivity contribution < 1.29 is 19.2 Å². The number of hydrogen-bond donors (Lipinski definition) is 4. The van der Waals surface area contributed by atoms with Crippen molar-refractivity contribution >= 4 is 80.1 Å². The average Bonchev–Trinajstić information content (AvgIpc) is 4.11. The van der Waals surface area contributed by atoms with E-state index >= 15 is 0 Å². The minimum absolute atomic E-state index is 0.199. The fraction of sp³-hybridized carbons (Fsp3) is 0.0732.